The predicted molar refractivity (Wildman–Crippen MR) is 93.1 cm³/mol. The summed E-state index contributed by atoms with van der Waals surface area (Å²) in [5.74, 6) is 0.247. The van der Waals surface area contributed by atoms with Gasteiger partial charge in [0.1, 0.15) is 11.4 Å². The van der Waals surface area contributed by atoms with E-state index in [-0.39, 0.29) is 5.75 Å². The second-order valence-electron chi connectivity index (χ2n) is 5.20. The largest absolute Gasteiger partial charge is 0.508 e. The van der Waals surface area contributed by atoms with E-state index in [2.05, 4.69) is 16.0 Å². The molecule has 114 valence electrons. The van der Waals surface area contributed by atoms with Gasteiger partial charge in [-0.1, -0.05) is 12.1 Å². The van der Waals surface area contributed by atoms with Crippen molar-refractivity contribution in [3.05, 3.63) is 54.2 Å². The molecule has 3 aromatic heterocycles. The molecule has 5 heteroatoms. The van der Waals surface area contributed by atoms with E-state index in [4.69, 9.17) is 4.74 Å². The lowest BCUT2D eigenvalue weighted by atomic mass is 10.0. The molecular formula is C18H14N2O2S. The summed E-state index contributed by atoms with van der Waals surface area (Å²) in [6, 6.07) is 11.3. The van der Waals surface area contributed by atoms with Crippen LogP contribution in [0.5, 0.6) is 10.8 Å². The van der Waals surface area contributed by atoms with Crippen LogP contribution in [-0.2, 0) is 0 Å². The minimum atomic E-state index is 0.247. The quantitative estimate of drug-likeness (QED) is 0.576. The van der Waals surface area contributed by atoms with Gasteiger partial charge in [0.15, 0.2) is 5.06 Å². The number of thiophene rings is 1. The molecule has 0 aliphatic carbocycles. The highest BCUT2D eigenvalue weighted by molar-refractivity contribution is 7.12. The first-order valence-electron chi connectivity index (χ1n) is 7.14. The summed E-state index contributed by atoms with van der Waals surface area (Å²) in [5.41, 5.74) is 4.84. The lowest BCUT2D eigenvalue weighted by Gasteiger charge is -2.04. The summed E-state index contributed by atoms with van der Waals surface area (Å²) in [6.07, 6.45) is 3.76. The molecule has 0 radical (unpaired) electrons. The van der Waals surface area contributed by atoms with Crippen molar-refractivity contribution in [1.82, 2.24) is 9.97 Å². The van der Waals surface area contributed by atoms with Crippen molar-refractivity contribution in [3.63, 3.8) is 0 Å². The van der Waals surface area contributed by atoms with Gasteiger partial charge < -0.3 is 14.8 Å². The Labute approximate surface area is 137 Å². The average molecular weight is 322 g/mol. The molecule has 0 atom stereocenters. The van der Waals surface area contributed by atoms with Crippen LogP contribution >= 0.6 is 11.3 Å². The first kappa shape index (κ1) is 13.8. The van der Waals surface area contributed by atoms with Gasteiger partial charge in [-0.3, -0.25) is 0 Å². The highest BCUT2D eigenvalue weighted by Crippen LogP contribution is 2.39. The van der Waals surface area contributed by atoms with Crippen molar-refractivity contribution < 1.29 is 9.84 Å². The highest BCUT2D eigenvalue weighted by atomic mass is 32.1. The van der Waals surface area contributed by atoms with E-state index in [1.807, 2.05) is 36.0 Å². The van der Waals surface area contributed by atoms with E-state index < -0.39 is 0 Å². The summed E-state index contributed by atoms with van der Waals surface area (Å²) < 4.78 is 5.44. The summed E-state index contributed by atoms with van der Waals surface area (Å²) >= 11 is 1.57. The van der Waals surface area contributed by atoms with Crippen molar-refractivity contribution >= 4 is 22.4 Å². The molecule has 0 saturated carbocycles. The fourth-order valence-electron chi connectivity index (χ4n) is 2.72. The number of fused-ring (bicyclic) bond motifs is 1. The maximum Gasteiger partial charge on any atom is 0.181 e. The van der Waals surface area contributed by atoms with Gasteiger partial charge in [0.25, 0.3) is 0 Å². The zero-order chi connectivity index (χ0) is 15.8. The predicted octanol–water partition coefficient (Wildman–Crippen LogP) is 4.67. The lowest BCUT2D eigenvalue weighted by molar-refractivity contribution is 0.428. The maximum absolute atomic E-state index is 9.68. The number of hydrogen-bond donors (Lipinski definition) is 2. The molecule has 0 saturated heterocycles. The molecule has 0 aliphatic heterocycles. The number of nitrogens with zero attached hydrogens (tertiary/aromatic N) is 1. The van der Waals surface area contributed by atoms with E-state index in [1.54, 1.807) is 30.6 Å². The molecule has 0 aliphatic rings. The number of aromatic amines is 1. The number of methoxy groups -OCH3 is 1. The number of benzene rings is 1. The Morgan fingerprint density at radius 3 is 2.87 bits per heavy atom. The smallest absolute Gasteiger partial charge is 0.181 e. The number of nitrogens with one attached hydrogen (secondary N) is 1. The fourth-order valence-corrected chi connectivity index (χ4v) is 3.45. The Morgan fingerprint density at radius 1 is 1.13 bits per heavy atom. The van der Waals surface area contributed by atoms with Gasteiger partial charge in [-0.15, -0.1) is 11.3 Å². The van der Waals surface area contributed by atoms with Crippen LogP contribution in [0.15, 0.2) is 54.2 Å². The van der Waals surface area contributed by atoms with Crippen molar-refractivity contribution in [2.45, 2.75) is 0 Å². The number of rotatable bonds is 3. The third-order valence-corrected chi connectivity index (χ3v) is 4.69. The first-order valence-corrected chi connectivity index (χ1v) is 8.02. The normalized spacial score (nSPS) is 11.0. The fraction of sp³-hybridized carbons (Fsp3) is 0.0556. The molecule has 0 fully saturated rings. The van der Waals surface area contributed by atoms with Gasteiger partial charge in [-0.2, -0.15) is 0 Å². The number of hydrogen-bond acceptors (Lipinski definition) is 4. The van der Waals surface area contributed by atoms with Gasteiger partial charge in [0.2, 0.25) is 0 Å². The van der Waals surface area contributed by atoms with Crippen LogP contribution in [0.4, 0.5) is 0 Å². The van der Waals surface area contributed by atoms with Gasteiger partial charge in [-0.25, -0.2) is 4.98 Å². The molecule has 0 amide bonds. The molecule has 4 rings (SSSR count). The Morgan fingerprint density at radius 2 is 2.04 bits per heavy atom. The molecule has 23 heavy (non-hydrogen) atoms. The highest BCUT2D eigenvalue weighted by Gasteiger charge is 2.13. The zero-order valence-corrected chi connectivity index (χ0v) is 13.2. The average Bonchev–Trinajstić information content (AvgIpc) is 3.20. The number of ether oxygens (including phenoxy) is 1. The van der Waals surface area contributed by atoms with Gasteiger partial charge in [0.05, 0.1) is 7.11 Å². The second kappa shape index (κ2) is 5.44. The van der Waals surface area contributed by atoms with Crippen LogP contribution < -0.4 is 4.74 Å². The summed E-state index contributed by atoms with van der Waals surface area (Å²) in [6.45, 7) is 0. The van der Waals surface area contributed by atoms with Gasteiger partial charge in [0, 0.05) is 34.5 Å². The Balaban J connectivity index is 1.90. The standard InChI is InChI=1S/C18H14N2O2S/c1-22-18-14(5-6-23-18)16-10-20-17-15(16)8-12(9-19-17)11-3-2-4-13(21)7-11/h2-10,21H,1H3,(H,19,20). The minimum absolute atomic E-state index is 0.247. The topological polar surface area (TPSA) is 58.1 Å². The summed E-state index contributed by atoms with van der Waals surface area (Å²) in [4.78, 5) is 7.71. The first-order chi connectivity index (χ1) is 11.3. The Hall–Kier alpha value is -2.79. The Kier molecular flexibility index (Phi) is 3.28. The summed E-state index contributed by atoms with van der Waals surface area (Å²) in [7, 11) is 1.68. The number of aromatic hydroxyl groups is 1. The van der Waals surface area contributed by atoms with E-state index >= 15 is 0 Å². The summed E-state index contributed by atoms with van der Waals surface area (Å²) in [5, 5.41) is 13.6. The van der Waals surface area contributed by atoms with E-state index in [0.717, 1.165) is 38.4 Å². The third-order valence-electron chi connectivity index (χ3n) is 3.82. The van der Waals surface area contributed by atoms with E-state index in [0.29, 0.717) is 0 Å². The lowest BCUT2D eigenvalue weighted by Crippen LogP contribution is -1.84. The number of H-pyrrole nitrogens is 1. The number of aromatic nitrogens is 2. The molecule has 0 unspecified atom stereocenters. The van der Waals surface area contributed by atoms with Crippen LogP contribution in [0, 0.1) is 0 Å². The number of phenols is 1. The molecule has 2 N–H and O–H groups in total. The molecule has 0 spiro atoms. The molecule has 0 bridgehead atoms. The van der Waals surface area contributed by atoms with Crippen LogP contribution in [-0.4, -0.2) is 22.2 Å². The monoisotopic (exact) mass is 322 g/mol. The zero-order valence-electron chi connectivity index (χ0n) is 12.4. The van der Waals surface area contributed by atoms with Crippen LogP contribution in [0.3, 0.4) is 0 Å². The van der Waals surface area contributed by atoms with Gasteiger partial charge >= 0.3 is 0 Å². The molecule has 4 aromatic rings. The maximum atomic E-state index is 9.68. The second-order valence-corrected chi connectivity index (χ2v) is 6.08. The number of phenolic OH excluding ortho intramolecular Hbond substituents is 1. The SMILES string of the molecule is COc1sccc1-c1c[nH]c2ncc(-c3cccc(O)c3)cc12. The third kappa shape index (κ3) is 2.35. The van der Waals surface area contributed by atoms with E-state index in [1.165, 1.54) is 0 Å². The van der Waals surface area contributed by atoms with Crippen molar-refractivity contribution in [2.75, 3.05) is 7.11 Å². The van der Waals surface area contributed by atoms with Crippen molar-refractivity contribution in [2.24, 2.45) is 0 Å². The van der Waals surface area contributed by atoms with Crippen molar-refractivity contribution in [1.29, 1.82) is 0 Å². The van der Waals surface area contributed by atoms with Crippen LogP contribution in [0.2, 0.25) is 0 Å². The molecule has 4 nitrogen and oxygen atoms in total. The minimum Gasteiger partial charge on any atom is -0.508 e. The van der Waals surface area contributed by atoms with Crippen LogP contribution in [0.1, 0.15) is 0 Å². The van der Waals surface area contributed by atoms with E-state index in [9.17, 15) is 5.11 Å². The molecular weight excluding hydrogens is 308 g/mol. The molecule has 3 heterocycles. The van der Waals surface area contributed by atoms with Gasteiger partial charge in [-0.05, 0) is 35.2 Å². The Bertz CT molecular complexity index is 988. The van der Waals surface area contributed by atoms with Crippen LogP contribution in [0.25, 0.3) is 33.3 Å². The molecule has 1 aromatic carbocycles. The number of pyridine rings is 1. The van der Waals surface area contributed by atoms with Crippen molar-refractivity contribution in [3.8, 4) is 33.1 Å².